The van der Waals surface area contributed by atoms with Crippen molar-refractivity contribution in [3.05, 3.63) is 21.1 Å². The Labute approximate surface area is 140 Å². The van der Waals surface area contributed by atoms with Gasteiger partial charge in [0.2, 0.25) is 10.0 Å². The molecule has 1 aliphatic rings. The Balaban J connectivity index is 2.17. The van der Waals surface area contributed by atoms with Crippen molar-refractivity contribution in [1.29, 1.82) is 0 Å². The van der Waals surface area contributed by atoms with Gasteiger partial charge in [0.1, 0.15) is 4.90 Å². The number of hydrogen-bond acceptors (Lipinski definition) is 5. The van der Waals surface area contributed by atoms with Crippen molar-refractivity contribution in [3.8, 4) is 0 Å². The fourth-order valence-electron chi connectivity index (χ4n) is 2.17. The summed E-state index contributed by atoms with van der Waals surface area (Å²) in [5.74, 6) is -0.0371. The second-order valence-electron chi connectivity index (χ2n) is 4.93. The largest absolute Gasteiger partial charge is 0.399 e. The SMILES string of the molecule is Nc1cc(Br)c(S(=O)(=O)NCC2CCS(=O)(=O)C2)c(Br)c1. The fourth-order valence-corrected chi connectivity index (χ4v) is 7.76. The monoisotopic (exact) mass is 460 g/mol. The average Bonchev–Trinajstić information content (AvgIpc) is 2.65. The Morgan fingerprint density at radius 2 is 1.86 bits per heavy atom. The quantitative estimate of drug-likeness (QED) is 0.661. The van der Waals surface area contributed by atoms with Gasteiger partial charge in [0.05, 0.1) is 11.5 Å². The molecule has 6 nitrogen and oxygen atoms in total. The Morgan fingerprint density at radius 1 is 1.29 bits per heavy atom. The van der Waals surface area contributed by atoms with E-state index in [0.29, 0.717) is 21.1 Å². The third kappa shape index (κ3) is 4.19. The average molecular weight is 462 g/mol. The molecule has 3 N–H and O–H groups in total. The predicted octanol–water partition coefficient (Wildman–Crippen LogP) is 1.51. The molecule has 1 aromatic carbocycles. The van der Waals surface area contributed by atoms with Gasteiger partial charge in [-0.1, -0.05) is 0 Å². The summed E-state index contributed by atoms with van der Waals surface area (Å²) in [6.07, 6.45) is 0.481. The summed E-state index contributed by atoms with van der Waals surface area (Å²) in [5, 5.41) is 0. The Hall–Kier alpha value is -0.160. The summed E-state index contributed by atoms with van der Waals surface area (Å²) in [5.41, 5.74) is 6.06. The van der Waals surface area contributed by atoms with E-state index in [1.165, 1.54) is 12.1 Å². The molecule has 0 amide bonds. The van der Waals surface area contributed by atoms with Gasteiger partial charge in [0.25, 0.3) is 0 Å². The summed E-state index contributed by atoms with van der Waals surface area (Å²) < 4.78 is 50.6. The number of rotatable bonds is 4. The molecule has 21 heavy (non-hydrogen) atoms. The summed E-state index contributed by atoms with van der Waals surface area (Å²) in [6, 6.07) is 3.00. The van der Waals surface area contributed by atoms with Crippen LogP contribution in [0.3, 0.4) is 0 Å². The van der Waals surface area contributed by atoms with Crippen LogP contribution in [0.1, 0.15) is 6.42 Å². The molecule has 0 radical (unpaired) electrons. The van der Waals surface area contributed by atoms with Crippen LogP contribution in [0.4, 0.5) is 5.69 Å². The maximum atomic E-state index is 12.3. The molecule has 0 aromatic heterocycles. The zero-order chi connectivity index (χ0) is 15.8. The molecule has 0 saturated carbocycles. The molecule has 2 rings (SSSR count). The molecule has 1 unspecified atom stereocenters. The number of sulfonamides is 1. The van der Waals surface area contributed by atoms with Crippen LogP contribution in [0.15, 0.2) is 26.0 Å². The third-order valence-corrected chi connectivity index (χ3v) is 8.31. The van der Waals surface area contributed by atoms with Crippen LogP contribution in [0.5, 0.6) is 0 Å². The van der Waals surface area contributed by atoms with E-state index in [9.17, 15) is 16.8 Å². The lowest BCUT2D eigenvalue weighted by Gasteiger charge is -2.13. The lowest BCUT2D eigenvalue weighted by Crippen LogP contribution is -2.30. The zero-order valence-electron chi connectivity index (χ0n) is 10.8. The minimum absolute atomic E-state index is 0.0274. The molecule has 1 atom stereocenters. The van der Waals surface area contributed by atoms with E-state index in [4.69, 9.17) is 5.73 Å². The first kappa shape index (κ1) is 17.2. The van der Waals surface area contributed by atoms with Crippen LogP contribution in [-0.4, -0.2) is 34.9 Å². The van der Waals surface area contributed by atoms with E-state index >= 15 is 0 Å². The highest BCUT2D eigenvalue weighted by atomic mass is 79.9. The Bertz CT molecular complexity index is 739. The number of halogens is 2. The lowest BCUT2D eigenvalue weighted by molar-refractivity contribution is 0.542. The molecule has 1 aromatic rings. The molecule has 0 aliphatic carbocycles. The second kappa shape index (κ2) is 6.15. The highest BCUT2D eigenvalue weighted by molar-refractivity contribution is 9.11. The van der Waals surface area contributed by atoms with E-state index in [1.54, 1.807) is 0 Å². The maximum absolute atomic E-state index is 12.3. The number of nitrogens with one attached hydrogen (secondary N) is 1. The summed E-state index contributed by atoms with van der Waals surface area (Å²) in [7, 11) is -6.78. The minimum Gasteiger partial charge on any atom is -0.399 e. The van der Waals surface area contributed by atoms with Crippen LogP contribution in [0, 0.1) is 5.92 Å². The molecule has 10 heteroatoms. The van der Waals surface area contributed by atoms with Crippen molar-refractivity contribution >= 4 is 57.4 Å². The Kier molecular flexibility index (Phi) is 5.04. The first-order chi connectivity index (χ1) is 9.61. The van der Waals surface area contributed by atoms with Gasteiger partial charge in [-0.25, -0.2) is 21.6 Å². The third-order valence-electron chi connectivity index (χ3n) is 3.18. The molecule has 0 bridgehead atoms. The summed E-state index contributed by atoms with van der Waals surface area (Å²) >= 11 is 6.36. The van der Waals surface area contributed by atoms with E-state index < -0.39 is 19.9 Å². The number of anilines is 1. The second-order valence-corrected chi connectivity index (χ2v) is 10.6. The highest BCUT2D eigenvalue weighted by Crippen LogP contribution is 2.32. The summed E-state index contributed by atoms with van der Waals surface area (Å²) in [6.45, 7) is 0.102. The van der Waals surface area contributed by atoms with Crippen molar-refractivity contribution < 1.29 is 16.8 Å². The minimum atomic E-state index is -3.76. The maximum Gasteiger partial charge on any atom is 0.242 e. The molecule has 118 valence electrons. The molecular weight excluding hydrogens is 448 g/mol. The normalized spacial score (nSPS) is 21.5. The summed E-state index contributed by atoms with van der Waals surface area (Å²) in [4.78, 5) is 0.0533. The lowest BCUT2D eigenvalue weighted by atomic mass is 10.1. The van der Waals surface area contributed by atoms with E-state index in [-0.39, 0.29) is 28.9 Å². The predicted molar refractivity (Wildman–Crippen MR) is 88.2 cm³/mol. The van der Waals surface area contributed by atoms with Crippen molar-refractivity contribution in [2.45, 2.75) is 11.3 Å². The van der Waals surface area contributed by atoms with E-state index in [2.05, 4.69) is 36.6 Å². The van der Waals surface area contributed by atoms with Gasteiger partial charge in [-0.2, -0.15) is 0 Å². The van der Waals surface area contributed by atoms with Gasteiger partial charge >= 0.3 is 0 Å². The molecule has 1 heterocycles. The van der Waals surface area contributed by atoms with Gasteiger partial charge in [-0.15, -0.1) is 0 Å². The van der Waals surface area contributed by atoms with Crippen LogP contribution < -0.4 is 10.5 Å². The van der Waals surface area contributed by atoms with Gasteiger partial charge < -0.3 is 5.73 Å². The standard InChI is InChI=1S/C11H14Br2N2O4S2/c12-9-3-8(14)4-10(13)11(9)21(18,19)15-5-7-1-2-20(16,17)6-7/h3-4,7,15H,1-2,5-6,14H2. The van der Waals surface area contributed by atoms with Crippen molar-refractivity contribution in [2.24, 2.45) is 5.92 Å². The fraction of sp³-hybridized carbons (Fsp3) is 0.455. The van der Waals surface area contributed by atoms with Gasteiger partial charge in [0.15, 0.2) is 9.84 Å². The van der Waals surface area contributed by atoms with Gasteiger partial charge in [-0.3, -0.25) is 0 Å². The first-order valence-electron chi connectivity index (χ1n) is 6.05. The van der Waals surface area contributed by atoms with Crippen LogP contribution in [0.2, 0.25) is 0 Å². The number of nitrogen functional groups attached to an aromatic ring is 1. The van der Waals surface area contributed by atoms with Crippen LogP contribution in [0.25, 0.3) is 0 Å². The van der Waals surface area contributed by atoms with Gasteiger partial charge in [-0.05, 0) is 56.3 Å². The highest BCUT2D eigenvalue weighted by Gasteiger charge is 2.30. The topological polar surface area (TPSA) is 106 Å². The van der Waals surface area contributed by atoms with Crippen molar-refractivity contribution in [3.63, 3.8) is 0 Å². The Morgan fingerprint density at radius 3 is 2.33 bits per heavy atom. The van der Waals surface area contributed by atoms with E-state index in [1.807, 2.05) is 0 Å². The van der Waals surface area contributed by atoms with Crippen molar-refractivity contribution in [1.82, 2.24) is 4.72 Å². The zero-order valence-corrected chi connectivity index (χ0v) is 15.6. The van der Waals surface area contributed by atoms with Crippen molar-refractivity contribution in [2.75, 3.05) is 23.8 Å². The molecule has 0 spiro atoms. The number of nitrogens with two attached hydrogens (primary N) is 1. The smallest absolute Gasteiger partial charge is 0.242 e. The molecule has 1 fully saturated rings. The number of benzene rings is 1. The molecular formula is C11H14Br2N2O4S2. The van der Waals surface area contributed by atoms with Crippen LogP contribution in [-0.2, 0) is 19.9 Å². The number of hydrogen-bond donors (Lipinski definition) is 2. The molecule has 1 saturated heterocycles. The molecule has 1 aliphatic heterocycles. The first-order valence-corrected chi connectivity index (χ1v) is 10.9. The van der Waals surface area contributed by atoms with E-state index in [0.717, 1.165) is 0 Å². The number of sulfone groups is 1. The van der Waals surface area contributed by atoms with Gasteiger partial charge in [0, 0.05) is 21.2 Å². The van der Waals surface area contributed by atoms with Crippen LogP contribution >= 0.6 is 31.9 Å².